The largest absolute Gasteiger partial charge is 2.00 e. The van der Waals surface area contributed by atoms with Gasteiger partial charge in [-0.1, -0.05) is 84.9 Å². The molecule has 42 heavy (non-hydrogen) atoms. The number of hydrogen-bond acceptors (Lipinski definition) is 5. The van der Waals surface area contributed by atoms with Gasteiger partial charge in [0.25, 0.3) is 0 Å². The number of carbonyl (C=O) groups excluding carboxylic acids is 2. The van der Waals surface area contributed by atoms with Crippen molar-refractivity contribution in [2.75, 3.05) is 6.54 Å². The third kappa shape index (κ3) is 4.99. The van der Waals surface area contributed by atoms with Crippen LogP contribution in [0.4, 0.5) is 10.1 Å². The Morgan fingerprint density at radius 1 is 1.02 bits per heavy atom. The molecule has 3 aliphatic rings. The second kappa shape index (κ2) is 11.5. The Labute approximate surface area is 254 Å². The van der Waals surface area contributed by atoms with Crippen molar-refractivity contribution in [3.05, 3.63) is 107 Å². The Balaban J connectivity index is 0.00000353. The first-order valence-electron chi connectivity index (χ1n) is 13.9. The van der Waals surface area contributed by atoms with Crippen LogP contribution in [0.1, 0.15) is 42.9 Å². The maximum atomic E-state index is 14.3. The second-order valence-corrected chi connectivity index (χ2v) is 11.3. The summed E-state index contributed by atoms with van der Waals surface area (Å²) in [5.74, 6) is -1.94. The molecule has 3 fully saturated rings. The number of aliphatic carboxylic acids is 1. The van der Waals surface area contributed by atoms with Crippen LogP contribution in [0.5, 0.6) is 0 Å². The Morgan fingerprint density at radius 2 is 1.67 bits per heavy atom. The first-order chi connectivity index (χ1) is 19.8. The number of ketones is 1. The van der Waals surface area contributed by atoms with E-state index in [9.17, 15) is 23.9 Å². The van der Waals surface area contributed by atoms with Gasteiger partial charge in [-0.3, -0.25) is 14.7 Å². The van der Waals surface area contributed by atoms with E-state index in [1.807, 2.05) is 24.3 Å². The Bertz CT molecular complexity index is 1530. The van der Waals surface area contributed by atoms with Gasteiger partial charge in [-0.25, -0.2) is 9.18 Å². The van der Waals surface area contributed by atoms with E-state index in [1.54, 1.807) is 48.5 Å². The van der Waals surface area contributed by atoms with E-state index in [2.05, 4.69) is 27.3 Å². The van der Waals surface area contributed by atoms with Crippen molar-refractivity contribution in [1.29, 1.82) is 0 Å². The van der Waals surface area contributed by atoms with Crippen molar-refractivity contribution in [3.8, 4) is 0 Å². The smallest absolute Gasteiger partial charge is 0.626 e. The molecule has 0 aromatic heterocycles. The number of carboxylic acid groups (broad SMARTS) is 1. The molecule has 6 rings (SSSR count). The summed E-state index contributed by atoms with van der Waals surface area (Å²) in [6, 6.07) is 24.7. The van der Waals surface area contributed by atoms with Crippen LogP contribution < -0.4 is 0 Å². The minimum Gasteiger partial charge on any atom is -0.626 e. The molecule has 1 N–H and O–H groups in total. The number of fused-ring (bicyclic) bond motifs is 3. The van der Waals surface area contributed by atoms with Crippen molar-refractivity contribution in [2.24, 2.45) is 16.3 Å². The minimum atomic E-state index is -1.95. The van der Waals surface area contributed by atoms with E-state index in [0.717, 1.165) is 32.9 Å². The zero-order valence-corrected chi connectivity index (χ0v) is 24.0. The summed E-state index contributed by atoms with van der Waals surface area (Å²) in [6.07, 6.45) is -0.719. The molecule has 1 spiro atoms. The molecule has 1 aliphatic heterocycles. The number of alkyl halides is 1. The third-order valence-electron chi connectivity index (χ3n) is 9.05. The number of para-hydroxylation sites is 1. The first kappa shape index (κ1) is 29.8. The summed E-state index contributed by atoms with van der Waals surface area (Å²) in [6.45, 7) is 2.77. The monoisotopic (exact) mass is 609 g/mol. The van der Waals surface area contributed by atoms with Crippen molar-refractivity contribution in [2.45, 2.75) is 50.5 Å². The predicted molar refractivity (Wildman–Crippen MR) is 153 cm³/mol. The van der Waals surface area contributed by atoms with Crippen molar-refractivity contribution in [3.63, 3.8) is 0 Å². The molecule has 1 heterocycles. The molecule has 6 atom stereocenters. The molecule has 218 valence electrons. The van der Waals surface area contributed by atoms with Gasteiger partial charge in [-0.05, 0) is 36.8 Å². The molecule has 2 aliphatic carbocycles. The standard InChI is InChI=1S/C33H32FN3O4.Ni/c1-21(38)25(34)18-27(30(39)40)35-29(23-12-6-3-7-13-23)24-14-8-9-15-26(24)36-31(41)32-17-16-28(32)33(32)20-37(33)19-22-10-4-2-5-11-22;/h2-15,25,27-28H,16-20H2,1H3,(H2,35,36,39,40,41);/q;+2/p-1/i34-1;. The maximum absolute atomic E-state index is 14.3. The normalized spacial score (nSPS) is 26.6. The molecule has 6 unspecified atom stereocenters. The van der Waals surface area contributed by atoms with E-state index in [0.29, 0.717) is 22.7 Å². The van der Waals surface area contributed by atoms with Gasteiger partial charge in [-0.15, -0.1) is 5.69 Å². The molecular weight excluding hydrogens is 579 g/mol. The van der Waals surface area contributed by atoms with Gasteiger partial charge in [0, 0.05) is 36.0 Å². The Kier molecular flexibility index (Phi) is 8.19. The summed E-state index contributed by atoms with van der Waals surface area (Å²) in [5.41, 5.74) is 2.38. The molecule has 2 saturated carbocycles. The first-order valence-corrected chi connectivity index (χ1v) is 13.9. The minimum absolute atomic E-state index is 0. The van der Waals surface area contributed by atoms with Crippen LogP contribution in [0.3, 0.4) is 0 Å². The average Bonchev–Trinajstić information content (AvgIpc) is 3.75. The molecule has 9 heteroatoms. The second-order valence-electron chi connectivity index (χ2n) is 11.3. The molecule has 1 saturated heterocycles. The summed E-state index contributed by atoms with van der Waals surface area (Å²) in [7, 11) is 0. The molecule has 3 aromatic rings. The van der Waals surface area contributed by atoms with Gasteiger partial charge < -0.3 is 15.2 Å². The van der Waals surface area contributed by atoms with E-state index in [1.165, 1.54) is 5.56 Å². The van der Waals surface area contributed by atoms with Crippen molar-refractivity contribution in [1.82, 2.24) is 4.90 Å². The number of rotatable bonds is 11. The molecule has 1 amide bonds. The number of aliphatic imine (C=N–C) groups is 1. The zero-order chi connectivity index (χ0) is 28.8. The Morgan fingerprint density at radius 3 is 2.29 bits per heavy atom. The van der Waals surface area contributed by atoms with Crippen LogP contribution in [0.15, 0.2) is 89.9 Å². The van der Waals surface area contributed by atoms with Gasteiger partial charge in [0.15, 0.2) is 18.0 Å². The van der Waals surface area contributed by atoms with Crippen LogP contribution in [-0.2, 0) is 37.4 Å². The molecule has 0 radical (unpaired) electrons. The number of halogens is 1. The number of carbonyl (C=O) groups is 3. The molecule has 0 bridgehead atoms. The summed E-state index contributed by atoms with van der Waals surface area (Å²) >= 11 is 0. The SMILES string of the molecule is CC(=O)C([18F])CC(N=C(c1ccccc1)c1ccccc1[N-]C(=O)C12CCC1C21CN1Cc1ccccc1)C(=O)O.[Ni+2]. The number of Topliss-reactive ketones (excluding diaryl/α,β-unsaturated/α-hetero) is 1. The fraction of sp³-hybridized carbons (Fsp3) is 0.333. The number of nitrogens with zero attached hydrogens (tertiary/aromatic N) is 3. The van der Waals surface area contributed by atoms with Crippen LogP contribution in [-0.4, -0.2) is 57.7 Å². The van der Waals surface area contributed by atoms with Crippen LogP contribution in [0.25, 0.3) is 5.32 Å². The van der Waals surface area contributed by atoms with Crippen molar-refractivity contribution >= 4 is 29.1 Å². The van der Waals surface area contributed by atoms with Crippen LogP contribution in [0.2, 0.25) is 0 Å². The third-order valence-corrected chi connectivity index (χ3v) is 9.05. The quantitative estimate of drug-likeness (QED) is 0.176. The maximum Gasteiger partial charge on any atom is 2.00 e. The van der Waals surface area contributed by atoms with Gasteiger partial charge in [0.1, 0.15) is 0 Å². The van der Waals surface area contributed by atoms with Gasteiger partial charge in [-0.2, -0.15) is 0 Å². The van der Waals surface area contributed by atoms with E-state index in [-0.39, 0.29) is 33.6 Å². The van der Waals surface area contributed by atoms with E-state index >= 15 is 0 Å². The summed E-state index contributed by atoms with van der Waals surface area (Å²) in [5, 5.41) is 14.5. The topological polar surface area (TPSA) is 101 Å². The predicted octanol–water partition coefficient (Wildman–Crippen LogP) is 5.49. The number of carboxylic acids is 1. The number of hydrogen-bond donors (Lipinski definition) is 1. The average molecular weight is 610 g/mol. The van der Waals surface area contributed by atoms with Gasteiger partial charge in [0.05, 0.1) is 11.6 Å². The van der Waals surface area contributed by atoms with Gasteiger partial charge >= 0.3 is 22.5 Å². The number of amides is 1. The summed E-state index contributed by atoms with van der Waals surface area (Å²) in [4.78, 5) is 44.3. The van der Waals surface area contributed by atoms with Crippen molar-refractivity contribution < 1.29 is 40.4 Å². The zero-order valence-electron chi connectivity index (χ0n) is 23.1. The van der Waals surface area contributed by atoms with Crippen LogP contribution >= 0.6 is 0 Å². The molecule has 3 aromatic carbocycles. The van der Waals surface area contributed by atoms with Gasteiger partial charge in [0.2, 0.25) is 0 Å². The molecular formula is C33H31FN3NiO4+. The Hall–Kier alpha value is -3.68. The fourth-order valence-electron chi connectivity index (χ4n) is 6.76. The number of benzene rings is 3. The summed E-state index contributed by atoms with van der Waals surface area (Å²) < 4.78 is 14.3. The fourth-order valence-corrected chi connectivity index (χ4v) is 6.76. The van der Waals surface area contributed by atoms with Crippen LogP contribution in [0, 0.1) is 11.3 Å². The molecule has 7 nitrogen and oxygen atoms in total. The van der Waals surface area contributed by atoms with E-state index in [4.69, 9.17) is 0 Å². The van der Waals surface area contributed by atoms with E-state index < -0.39 is 35.8 Å².